The van der Waals surface area contributed by atoms with Crippen LogP contribution in [0.3, 0.4) is 0 Å². The molecular formula is C14H16N2O2S. The van der Waals surface area contributed by atoms with E-state index < -0.39 is 0 Å². The quantitative estimate of drug-likeness (QED) is 0.799. The number of rotatable bonds is 1. The van der Waals surface area contributed by atoms with Gasteiger partial charge in [-0.25, -0.2) is 4.98 Å². The van der Waals surface area contributed by atoms with Gasteiger partial charge >= 0.3 is 0 Å². The van der Waals surface area contributed by atoms with Crippen LogP contribution in [-0.4, -0.2) is 15.9 Å². The number of carbonyl (C=O) groups is 1. The van der Waals surface area contributed by atoms with E-state index in [0.29, 0.717) is 6.42 Å². The van der Waals surface area contributed by atoms with Gasteiger partial charge in [-0.3, -0.25) is 4.79 Å². The van der Waals surface area contributed by atoms with Gasteiger partial charge in [0.15, 0.2) is 5.78 Å². The topological polar surface area (TPSA) is 56.0 Å². The molecule has 2 heterocycles. The molecule has 1 aliphatic carbocycles. The molecule has 0 aliphatic heterocycles. The normalized spacial score (nSPS) is 17.6. The summed E-state index contributed by atoms with van der Waals surface area (Å²) in [6, 6.07) is 0. The number of carbonyl (C=O) groups excluding carboxylic acids is 1. The van der Waals surface area contributed by atoms with Gasteiger partial charge in [-0.15, -0.1) is 11.3 Å². The highest BCUT2D eigenvalue weighted by Crippen LogP contribution is 2.40. The molecule has 3 rings (SSSR count). The van der Waals surface area contributed by atoms with Gasteiger partial charge in [0.25, 0.3) is 0 Å². The average molecular weight is 276 g/mol. The lowest BCUT2D eigenvalue weighted by atomic mass is 9.78. The molecule has 0 fully saturated rings. The Hall–Kier alpha value is -1.49. The monoisotopic (exact) mass is 276 g/mol. The maximum absolute atomic E-state index is 12.2. The van der Waals surface area contributed by atoms with Crippen molar-refractivity contribution < 1.29 is 9.32 Å². The van der Waals surface area contributed by atoms with E-state index in [9.17, 15) is 4.79 Å². The molecule has 1 aliphatic rings. The van der Waals surface area contributed by atoms with Crippen LogP contribution in [-0.2, 0) is 6.42 Å². The van der Waals surface area contributed by atoms with Crippen molar-refractivity contribution in [2.24, 2.45) is 5.41 Å². The summed E-state index contributed by atoms with van der Waals surface area (Å²) in [5.74, 6) is 0.970. The van der Waals surface area contributed by atoms with Gasteiger partial charge in [-0.1, -0.05) is 19.0 Å². The van der Waals surface area contributed by atoms with E-state index in [4.69, 9.17) is 4.52 Å². The Balaban J connectivity index is 2.11. The van der Waals surface area contributed by atoms with Gasteiger partial charge in [-0.2, -0.15) is 0 Å². The van der Waals surface area contributed by atoms with E-state index in [0.717, 1.165) is 39.0 Å². The van der Waals surface area contributed by atoms with Crippen molar-refractivity contribution in [2.45, 2.75) is 40.5 Å². The molecule has 0 amide bonds. The van der Waals surface area contributed by atoms with Crippen LogP contribution in [0.2, 0.25) is 0 Å². The van der Waals surface area contributed by atoms with Crippen LogP contribution in [0.5, 0.6) is 0 Å². The third-order valence-electron chi connectivity index (χ3n) is 3.48. The molecule has 0 bridgehead atoms. The number of ketones is 1. The third kappa shape index (κ3) is 2.02. The van der Waals surface area contributed by atoms with Crippen molar-refractivity contribution in [3.05, 3.63) is 22.0 Å². The van der Waals surface area contributed by atoms with E-state index in [1.807, 2.05) is 13.8 Å². The van der Waals surface area contributed by atoms with E-state index in [1.165, 1.54) is 11.3 Å². The molecule has 0 N–H and O–H groups in total. The Labute approximate surface area is 115 Å². The fourth-order valence-corrected chi connectivity index (χ4v) is 3.78. The van der Waals surface area contributed by atoms with E-state index >= 15 is 0 Å². The molecule has 0 saturated carbocycles. The van der Waals surface area contributed by atoms with Crippen LogP contribution < -0.4 is 0 Å². The Morgan fingerprint density at radius 1 is 1.26 bits per heavy atom. The van der Waals surface area contributed by atoms with Crippen molar-refractivity contribution in [1.29, 1.82) is 0 Å². The fourth-order valence-electron chi connectivity index (χ4n) is 2.62. The first-order chi connectivity index (χ1) is 8.87. The maximum Gasteiger partial charge on any atom is 0.175 e. The van der Waals surface area contributed by atoms with E-state index in [1.54, 1.807) is 0 Å². The van der Waals surface area contributed by atoms with Crippen LogP contribution in [0.4, 0.5) is 0 Å². The Kier molecular flexibility index (Phi) is 2.64. The van der Waals surface area contributed by atoms with Gasteiger partial charge in [-0.05, 0) is 25.7 Å². The number of aromatic nitrogens is 2. The second-order valence-electron chi connectivity index (χ2n) is 5.93. The summed E-state index contributed by atoms with van der Waals surface area (Å²) in [6.07, 6.45) is 1.46. The smallest absolute Gasteiger partial charge is 0.175 e. The number of Topliss-reactive ketones (excluding diaryl/α,β-unsaturated/α-hetero) is 1. The number of hydrogen-bond acceptors (Lipinski definition) is 5. The molecule has 0 unspecified atom stereocenters. The lowest BCUT2D eigenvalue weighted by molar-refractivity contribution is 0.0916. The minimum absolute atomic E-state index is 0.00810. The van der Waals surface area contributed by atoms with E-state index in [2.05, 4.69) is 24.0 Å². The van der Waals surface area contributed by atoms with Gasteiger partial charge < -0.3 is 4.52 Å². The summed E-state index contributed by atoms with van der Waals surface area (Å²) in [6.45, 7) is 8.00. The van der Waals surface area contributed by atoms with Crippen LogP contribution >= 0.6 is 11.3 Å². The highest BCUT2D eigenvalue weighted by Gasteiger charge is 2.34. The molecule has 100 valence electrons. The maximum atomic E-state index is 12.2. The van der Waals surface area contributed by atoms with E-state index in [-0.39, 0.29) is 11.2 Å². The zero-order chi connectivity index (χ0) is 13.8. The van der Waals surface area contributed by atoms with Crippen molar-refractivity contribution in [3.8, 4) is 10.6 Å². The van der Waals surface area contributed by atoms with Gasteiger partial charge in [0.05, 0.1) is 21.8 Å². The summed E-state index contributed by atoms with van der Waals surface area (Å²) in [5.41, 5.74) is 2.70. The first-order valence-corrected chi connectivity index (χ1v) is 7.15. The van der Waals surface area contributed by atoms with Crippen LogP contribution in [0.25, 0.3) is 10.6 Å². The first-order valence-electron chi connectivity index (χ1n) is 6.33. The van der Waals surface area contributed by atoms with Crippen LogP contribution in [0.15, 0.2) is 4.52 Å². The van der Waals surface area contributed by atoms with Gasteiger partial charge in [0.2, 0.25) is 0 Å². The summed E-state index contributed by atoms with van der Waals surface area (Å²) in [5, 5.41) is 4.81. The molecule has 0 radical (unpaired) electrons. The molecular weight excluding hydrogens is 260 g/mol. The van der Waals surface area contributed by atoms with Gasteiger partial charge in [0, 0.05) is 6.42 Å². The standard InChI is InChI=1S/C14H16N2O2S/c1-7-11(8(2)18-16-7)13-15-9-5-14(3,4)6-10(17)12(9)19-13/h5-6H2,1-4H3. The second kappa shape index (κ2) is 4.00. The second-order valence-corrected chi connectivity index (χ2v) is 6.93. The molecule has 0 atom stereocenters. The van der Waals surface area contributed by atoms with Crippen molar-refractivity contribution in [3.63, 3.8) is 0 Å². The molecule has 19 heavy (non-hydrogen) atoms. The number of nitrogens with zero attached hydrogens (tertiary/aromatic N) is 2. The molecule has 0 saturated heterocycles. The molecule has 0 spiro atoms. The first kappa shape index (κ1) is 12.5. The number of thiazole rings is 1. The molecule has 2 aromatic heterocycles. The molecule has 4 nitrogen and oxygen atoms in total. The minimum Gasteiger partial charge on any atom is -0.361 e. The zero-order valence-corrected chi connectivity index (χ0v) is 12.3. The molecule has 2 aromatic rings. The minimum atomic E-state index is 0.00810. The van der Waals surface area contributed by atoms with Gasteiger partial charge in [0.1, 0.15) is 10.8 Å². The SMILES string of the molecule is Cc1noc(C)c1-c1nc2c(s1)C(=O)CC(C)(C)C2. The largest absolute Gasteiger partial charge is 0.361 e. The highest BCUT2D eigenvalue weighted by atomic mass is 32.1. The predicted molar refractivity (Wildman–Crippen MR) is 73.5 cm³/mol. The van der Waals surface area contributed by atoms with Crippen molar-refractivity contribution >= 4 is 17.1 Å². The zero-order valence-electron chi connectivity index (χ0n) is 11.5. The molecule has 5 heteroatoms. The van der Waals surface area contributed by atoms with Crippen molar-refractivity contribution in [2.75, 3.05) is 0 Å². The van der Waals surface area contributed by atoms with Crippen LogP contribution in [0.1, 0.15) is 47.1 Å². The van der Waals surface area contributed by atoms with Crippen molar-refractivity contribution in [1.82, 2.24) is 10.1 Å². The Morgan fingerprint density at radius 2 is 2.00 bits per heavy atom. The Morgan fingerprint density at radius 3 is 2.63 bits per heavy atom. The summed E-state index contributed by atoms with van der Waals surface area (Å²) < 4.78 is 5.18. The molecule has 0 aromatic carbocycles. The highest BCUT2D eigenvalue weighted by molar-refractivity contribution is 7.17. The summed E-state index contributed by atoms with van der Waals surface area (Å²) in [7, 11) is 0. The fraction of sp³-hybridized carbons (Fsp3) is 0.500. The lowest BCUT2D eigenvalue weighted by Gasteiger charge is -2.26. The third-order valence-corrected chi connectivity index (χ3v) is 4.64. The predicted octanol–water partition coefficient (Wildman–Crippen LogP) is 3.57. The summed E-state index contributed by atoms with van der Waals surface area (Å²) in [4.78, 5) is 17.7. The average Bonchev–Trinajstić information content (AvgIpc) is 2.81. The Bertz CT molecular complexity index is 648. The lowest BCUT2D eigenvalue weighted by Crippen LogP contribution is -2.25. The van der Waals surface area contributed by atoms with Crippen LogP contribution in [0, 0.1) is 19.3 Å². The number of hydrogen-bond donors (Lipinski definition) is 0. The number of aryl methyl sites for hydroxylation is 2. The summed E-state index contributed by atoms with van der Waals surface area (Å²) >= 11 is 1.47. The number of fused-ring (bicyclic) bond motifs is 1.